The van der Waals surface area contributed by atoms with E-state index in [1.807, 2.05) is 0 Å². The third-order valence-corrected chi connectivity index (χ3v) is 4.38. The van der Waals surface area contributed by atoms with E-state index < -0.39 is 5.97 Å². The van der Waals surface area contributed by atoms with Gasteiger partial charge >= 0.3 is 5.97 Å². The van der Waals surface area contributed by atoms with Gasteiger partial charge in [0, 0.05) is 19.6 Å². The van der Waals surface area contributed by atoms with Crippen LogP contribution in [0, 0.1) is 0 Å². The molecule has 0 aromatic rings. The van der Waals surface area contributed by atoms with Crippen LogP contribution in [0.2, 0.25) is 0 Å². The van der Waals surface area contributed by atoms with Gasteiger partial charge in [-0.15, -0.1) is 0 Å². The van der Waals surface area contributed by atoms with Crippen LogP contribution >= 0.6 is 0 Å². The van der Waals surface area contributed by atoms with Gasteiger partial charge in [-0.1, -0.05) is 83.5 Å². The molecule has 0 atom stereocenters. The number of aliphatic carboxylic acids is 1. The number of ether oxygens (including phenoxy) is 1. The first-order valence-corrected chi connectivity index (χ1v) is 10.1. The number of rotatable bonds is 19. The minimum absolute atomic E-state index is 0.340. The van der Waals surface area contributed by atoms with E-state index in [1.165, 1.54) is 83.5 Å². The first-order chi connectivity index (χ1) is 11.3. The Morgan fingerprint density at radius 3 is 1.35 bits per heavy atom. The van der Waals surface area contributed by atoms with Gasteiger partial charge in [0.2, 0.25) is 0 Å². The summed E-state index contributed by atoms with van der Waals surface area (Å²) in [5.41, 5.74) is 0. The molecule has 0 spiro atoms. The first kappa shape index (κ1) is 22.4. The van der Waals surface area contributed by atoms with Crippen LogP contribution in [-0.2, 0) is 9.53 Å². The Morgan fingerprint density at radius 2 is 1.00 bits per heavy atom. The third kappa shape index (κ3) is 21.4. The zero-order valence-electron chi connectivity index (χ0n) is 15.5. The first-order valence-electron chi connectivity index (χ1n) is 10.1. The minimum atomic E-state index is -0.657. The van der Waals surface area contributed by atoms with Gasteiger partial charge in [0.05, 0.1) is 0 Å². The summed E-state index contributed by atoms with van der Waals surface area (Å²) in [7, 11) is 0. The lowest BCUT2D eigenvalue weighted by Crippen LogP contribution is -1.93. The summed E-state index contributed by atoms with van der Waals surface area (Å²) in [5, 5.41) is 8.54. The van der Waals surface area contributed by atoms with Gasteiger partial charge in [-0.05, 0) is 19.8 Å². The molecule has 0 aliphatic rings. The Bertz CT molecular complexity index is 241. The summed E-state index contributed by atoms with van der Waals surface area (Å²) in [4.78, 5) is 10.4. The van der Waals surface area contributed by atoms with Crippen molar-refractivity contribution in [1.82, 2.24) is 0 Å². The van der Waals surface area contributed by atoms with Crippen molar-refractivity contribution in [2.24, 2.45) is 0 Å². The average Bonchev–Trinajstić information content (AvgIpc) is 2.53. The molecular formula is C20H40O3. The molecule has 0 saturated heterocycles. The van der Waals surface area contributed by atoms with Gasteiger partial charge in [0.25, 0.3) is 0 Å². The van der Waals surface area contributed by atoms with E-state index in [1.54, 1.807) is 0 Å². The summed E-state index contributed by atoms with van der Waals surface area (Å²) in [5.74, 6) is -0.657. The van der Waals surface area contributed by atoms with Gasteiger partial charge in [-0.25, -0.2) is 0 Å². The normalized spacial score (nSPS) is 11.0. The predicted octanol–water partition coefficient (Wildman–Crippen LogP) is 6.35. The predicted molar refractivity (Wildman–Crippen MR) is 98.0 cm³/mol. The summed E-state index contributed by atoms with van der Waals surface area (Å²) < 4.78 is 5.34. The molecule has 0 bridgehead atoms. The van der Waals surface area contributed by atoms with Crippen LogP contribution in [0.15, 0.2) is 0 Å². The van der Waals surface area contributed by atoms with Crippen LogP contribution in [0.5, 0.6) is 0 Å². The molecule has 0 unspecified atom stereocenters. The molecule has 0 radical (unpaired) electrons. The Kier molecular flexibility index (Phi) is 19.0. The van der Waals surface area contributed by atoms with E-state index in [2.05, 4.69) is 6.92 Å². The standard InChI is InChI=1S/C20H40O3/c1-2-23-19-17-15-13-11-9-7-5-3-4-6-8-10-12-14-16-18-20(21)22/h2-19H2,1H3,(H,21,22). The maximum atomic E-state index is 10.4. The van der Waals surface area contributed by atoms with Crippen LogP contribution in [-0.4, -0.2) is 24.3 Å². The van der Waals surface area contributed by atoms with Gasteiger partial charge in [-0.2, -0.15) is 0 Å². The van der Waals surface area contributed by atoms with Crippen molar-refractivity contribution in [1.29, 1.82) is 0 Å². The molecule has 0 rings (SSSR count). The van der Waals surface area contributed by atoms with E-state index in [9.17, 15) is 4.79 Å². The van der Waals surface area contributed by atoms with Gasteiger partial charge in [-0.3, -0.25) is 4.79 Å². The Hall–Kier alpha value is -0.570. The zero-order chi connectivity index (χ0) is 17.0. The van der Waals surface area contributed by atoms with Gasteiger partial charge in [0.15, 0.2) is 0 Å². The lowest BCUT2D eigenvalue weighted by atomic mass is 10.0. The highest BCUT2D eigenvalue weighted by Crippen LogP contribution is 2.13. The second kappa shape index (κ2) is 19.5. The Morgan fingerprint density at radius 1 is 0.652 bits per heavy atom. The lowest BCUT2D eigenvalue weighted by Gasteiger charge is -2.04. The molecule has 23 heavy (non-hydrogen) atoms. The molecule has 0 aromatic carbocycles. The molecule has 138 valence electrons. The molecule has 1 N–H and O–H groups in total. The fourth-order valence-electron chi connectivity index (χ4n) is 2.92. The van der Waals surface area contributed by atoms with E-state index in [-0.39, 0.29) is 0 Å². The highest BCUT2D eigenvalue weighted by Gasteiger charge is 1.97. The van der Waals surface area contributed by atoms with Crippen molar-refractivity contribution in [2.75, 3.05) is 13.2 Å². The fourth-order valence-corrected chi connectivity index (χ4v) is 2.92. The lowest BCUT2D eigenvalue weighted by molar-refractivity contribution is -0.137. The summed E-state index contributed by atoms with van der Waals surface area (Å²) in [6.07, 6.45) is 19.7. The molecule has 0 fully saturated rings. The van der Waals surface area contributed by atoms with E-state index >= 15 is 0 Å². The topological polar surface area (TPSA) is 46.5 Å². The number of carboxylic acid groups (broad SMARTS) is 1. The smallest absolute Gasteiger partial charge is 0.303 e. The second-order valence-electron chi connectivity index (χ2n) is 6.64. The molecule has 0 heterocycles. The Labute approximate surface area is 144 Å². The fraction of sp³-hybridized carbons (Fsp3) is 0.950. The zero-order valence-corrected chi connectivity index (χ0v) is 15.5. The van der Waals surface area contributed by atoms with Crippen LogP contribution in [0.3, 0.4) is 0 Å². The van der Waals surface area contributed by atoms with Crippen molar-refractivity contribution in [3.63, 3.8) is 0 Å². The quantitative estimate of drug-likeness (QED) is 0.281. The van der Waals surface area contributed by atoms with Crippen molar-refractivity contribution >= 4 is 5.97 Å². The molecule has 0 aliphatic carbocycles. The van der Waals surface area contributed by atoms with Crippen LogP contribution in [0.4, 0.5) is 0 Å². The van der Waals surface area contributed by atoms with Crippen molar-refractivity contribution < 1.29 is 14.6 Å². The monoisotopic (exact) mass is 328 g/mol. The number of hydrogen-bond donors (Lipinski definition) is 1. The largest absolute Gasteiger partial charge is 0.481 e. The molecule has 0 aromatic heterocycles. The summed E-state index contributed by atoms with van der Waals surface area (Å²) in [6, 6.07) is 0. The number of carbonyl (C=O) groups is 1. The second-order valence-corrected chi connectivity index (χ2v) is 6.64. The van der Waals surface area contributed by atoms with Crippen LogP contribution in [0.1, 0.15) is 110 Å². The van der Waals surface area contributed by atoms with Crippen LogP contribution in [0.25, 0.3) is 0 Å². The maximum Gasteiger partial charge on any atom is 0.303 e. The third-order valence-electron chi connectivity index (χ3n) is 4.38. The summed E-state index contributed by atoms with van der Waals surface area (Å²) in [6.45, 7) is 3.85. The Balaban J connectivity index is 2.96. The molecule has 3 heteroatoms. The minimum Gasteiger partial charge on any atom is -0.481 e. The van der Waals surface area contributed by atoms with Crippen molar-refractivity contribution in [3.8, 4) is 0 Å². The van der Waals surface area contributed by atoms with Gasteiger partial charge < -0.3 is 9.84 Å². The molecule has 3 nitrogen and oxygen atoms in total. The molecule has 0 amide bonds. The van der Waals surface area contributed by atoms with E-state index in [4.69, 9.17) is 9.84 Å². The summed E-state index contributed by atoms with van der Waals surface area (Å²) >= 11 is 0. The maximum absolute atomic E-state index is 10.4. The average molecular weight is 329 g/mol. The van der Waals surface area contributed by atoms with Crippen molar-refractivity contribution in [3.05, 3.63) is 0 Å². The van der Waals surface area contributed by atoms with Crippen LogP contribution < -0.4 is 0 Å². The molecule has 0 saturated carbocycles. The van der Waals surface area contributed by atoms with Crippen molar-refractivity contribution in [2.45, 2.75) is 110 Å². The molecular weight excluding hydrogens is 288 g/mol. The van der Waals surface area contributed by atoms with Gasteiger partial charge in [0.1, 0.15) is 0 Å². The SMILES string of the molecule is CCOCCCCCCCCCCCCCCCCCC(=O)O. The van der Waals surface area contributed by atoms with E-state index in [0.29, 0.717) is 6.42 Å². The molecule has 0 aliphatic heterocycles. The number of unbranched alkanes of at least 4 members (excludes halogenated alkanes) is 14. The van der Waals surface area contributed by atoms with E-state index in [0.717, 1.165) is 26.1 Å². The number of carboxylic acids is 1. The number of hydrogen-bond acceptors (Lipinski definition) is 2. The highest BCUT2D eigenvalue weighted by molar-refractivity contribution is 5.66. The highest BCUT2D eigenvalue weighted by atomic mass is 16.5.